The Balaban J connectivity index is 1.74. The number of methoxy groups -OCH3 is 1. The molecule has 1 heterocycles. The van der Waals surface area contributed by atoms with E-state index in [-0.39, 0.29) is 11.9 Å². The SMILES string of the molecule is COc1ccc(N2C(=O)[C@H](OCc3ccccc3)[C@@H]2/C=C/C=O)cc1. The van der Waals surface area contributed by atoms with Crippen LogP contribution in [0.25, 0.3) is 0 Å². The van der Waals surface area contributed by atoms with Crippen LogP contribution < -0.4 is 9.64 Å². The zero-order valence-electron chi connectivity index (χ0n) is 13.9. The van der Waals surface area contributed by atoms with Crippen LogP contribution in [0, 0.1) is 0 Å². The number of anilines is 1. The van der Waals surface area contributed by atoms with Crippen LogP contribution in [0.15, 0.2) is 66.7 Å². The molecule has 0 saturated carbocycles. The lowest BCUT2D eigenvalue weighted by molar-refractivity contribution is -0.141. The Bertz CT molecular complexity index is 755. The summed E-state index contributed by atoms with van der Waals surface area (Å²) in [5, 5.41) is 0. The number of amides is 1. The highest BCUT2D eigenvalue weighted by Crippen LogP contribution is 2.32. The maximum atomic E-state index is 12.6. The lowest BCUT2D eigenvalue weighted by Crippen LogP contribution is -2.65. The first-order chi connectivity index (χ1) is 12.2. The van der Waals surface area contributed by atoms with Crippen molar-refractivity contribution in [1.82, 2.24) is 0 Å². The second-order valence-electron chi connectivity index (χ2n) is 5.64. The predicted octanol–water partition coefficient (Wildman–Crippen LogP) is 2.75. The first kappa shape index (κ1) is 16.9. The highest BCUT2D eigenvalue weighted by atomic mass is 16.5. The van der Waals surface area contributed by atoms with E-state index >= 15 is 0 Å². The number of aldehydes is 1. The van der Waals surface area contributed by atoms with Gasteiger partial charge in [0.1, 0.15) is 12.0 Å². The summed E-state index contributed by atoms with van der Waals surface area (Å²) in [5.74, 6) is 0.593. The van der Waals surface area contributed by atoms with Crippen molar-refractivity contribution in [3.63, 3.8) is 0 Å². The monoisotopic (exact) mass is 337 g/mol. The number of hydrogen-bond acceptors (Lipinski definition) is 4. The fourth-order valence-electron chi connectivity index (χ4n) is 2.80. The number of allylic oxidation sites excluding steroid dienone is 1. The van der Waals surface area contributed by atoms with Gasteiger partial charge in [0, 0.05) is 5.69 Å². The van der Waals surface area contributed by atoms with E-state index in [0.717, 1.165) is 11.3 Å². The lowest BCUT2D eigenvalue weighted by atomic mass is 9.96. The molecule has 0 aromatic heterocycles. The zero-order chi connectivity index (χ0) is 17.6. The first-order valence-corrected chi connectivity index (χ1v) is 7.99. The van der Waals surface area contributed by atoms with Crippen LogP contribution in [0.4, 0.5) is 5.69 Å². The van der Waals surface area contributed by atoms with Gasteiger partial charge in [-0.3, -0.25) is 14.5 Å². The molecule has 5 heteroatoms. The molecule has 0 spiro atoms. The predicted molar refractivity (Wildman–Crippen MR) is 94.5 cm³/mol. The molecule has 1 aliphatic heterocycles. The van der Waals surface area contributed by atoms with Crippen LogP contribution in [0.2, 0.25) is 0 Å². The molecule has 3 rings (SSSR count). The second kappa shape index (κ2) is 7.77. The van der Waals surface area contributed by atoms with Crippen LogP contribution in [0.5, 0.6) is 5.75 Å². The Morgan fingerprint density at radius 2 is 1.80 bits per heavy atom. The average molecular weight is 337 g/mol. The molecule has 0 unspecified atom stereocenters. The van der Waals surface area contributed by atoms with Crippen molar-refractivity contribution in [2.75, 3.05) is 12.0 Å². The highest BCUT2D eigenvalue weighted by molar-refractivity contribution is 6.05. The maximum absolute atomic E-state index is 12.6. The van der Waals surface area contributed by atoms with Crippen molar-refractivity contribution in [2.24, 2.45) is 0 Å². The maximum Gasteiger partial charge on any atom is 0.259 e. The molecule has 2 aromatic carbocycles. The van der Waals surface area contributed by atoms with E-state index in [1.54, 1.807) is 30.2 Å². The first-order valence-electron chi connectivity index (χ1n) is 7.99. The summed E-state index contributed by atoms with van der Waals surface area (Å²) >= 11 is 0. The van der Waals surface area contributed by atoms with Crippen molar-refractivity contribution in [3.8, 4) is 5.75 Å². The van der Waals surface area contributed by atoms with Crippen molar-refractivity contribution in [3.05, 3.63) is 72.3 Å². The van der Waals surface area contributed by atoms with E-state index in [1.165, 1.54) is 6.08 Å². The molecule has 0 aliphatic carbocycles. The summed E-state index contributed by atoms with van der Waals surface area (Å²) in [6.45, 7) is 0.346. The molecule has 128 valence electrons. The number of rotatable bonds is 7. The third-order valence-corrected chi connectivity index (χ3v) is 4.10. The van der Waals surface area contributed by atoms with E-state index in [1.807, 2.05) is 42.5 Å². The van der Waals surface area contributed by atoms with Crippen LogP contribution in [-0.4, -0.2) is 31.4 Å². The number of hydrogen-bond donors (Lipinski definition) is 0. The zero-order valence-corrected chi connectivity index (χ0v) is 13.9. The smallest absolute Gasteiger partial charge is 0.259 e. The van der Waals surface area contributed by atoms with Gasteiger partial charge >= 0.3 is 0 Å². The van der Waals surface area contributed by atoms with Gasteiger partial charge in [0.25, 0.3) is 5.91 Å². The average Bonchev–Trinajstić information content (AvgIpc) is 2.66. The fourth-order valence-corrected chi connectivity index (χ4v) is 2.80. The largest absolute Gasteiger partial charge is 0.497 e. The molecule has 0 radical (unpaired) electrons. The standard InChI is InChI=1S/C20H19NO4/c1-24-17-11-9-16(10-12-17)21-18(8-5-13-22)19(20(21)23)25-14-15-6-3-2-4-7-15/h2-13,18-19H,14H2,1H3/b8-5+/t18-,19+/m0/s1. The minimum absolute atomic E-state index is 0.123. The van der Waals surface area contributed by atoms with E-state index in [9.17, 15) is 9.59 Å². The van der Waals surface area contributed by atoms with Crippen molar-refractivity contribution < 1.29 is 19.1 Å². The minimum Gasteiger partial charge on any atom is -0.497 e. The number of ether oxygens (including phenoxy) is 2. The third kappa shape index (κ3) is 3.61. The third-order valence-electron chi connectivity index (χ3n) is 4.10. The molecule has 5 nitrogen and oxygen atoms in total. The van der Waals surface area contributed by atoms with Crippen LogP contribution >= 0.6 is 0 Å². The normalized spacial score (nSPS) is 19.7. The van der Waals surface area contributed by atoms with Crippen molar-refractivity contribution in [1.29, 1.82) is 0 Å². The Hall–Kier alpha value is -2.92. The van der Waals surface area contributed by atoms with Crippen LogP contribution in [0.1, 0.15) is 5.56 Å². The molecule has 0 N–H and O–H groups in total. The minimum atomic E-state index is -0.599. The van der Waals surface area contributed by atoms with Gasteiger partial charge in [-0.05, 0) is 35.9 Å². The molecule has 1 amide bonds. The van der Waals surface area contributed by atoms with Crippen LogP contribution in [-0.2, 0) is 20.9 Å². The molecule has 2 aromatic rings. The van der Waals surface area contributed by atoms with Gasteiger partial charge in [0.15, 0.2) is 6.10 Å². The van der Waals surface area contributed by atoms with Gasteiger partial charge in [0.05, 0.1) is 19.8 Å². The van der Waals surface area contributed by atoms with E-state index in [0.29, 0.717) is 18.6 Å². The summed E-state index contributed by atoms with van der Waals surface area (Å²) in [7, 11) is 1.59. The molecular formula is C20H19NO4. The molecule has 1 aliphatic rings. The molecular weight excluding hydrogens is 318 g/mol. The summed E-state index contributed by atoms with van der Waals surface area (Å²) in [4.78, 5) is 24.9. The fraction of sp³-hybridized carbons (Fsp3) is 0.200. The van der Waals surface area contributed by atoms with Gasteiger partial charge in [-0.15, -0.1) is 0 Å². The summed E-state index contributed by atoms with van der Waals surface area (Å²) < 4.78 is 10.9. The van der Waals surface area contributed by atoms with Gasteiger partial charge in [-0.2, -0.15) is 0 Å². The highest BCUT2D eigenvalue weighted by Gasteiger charge is 2.47. The van der Waals surface area contributed by atoms with Gasteiger partial charge in [-0.25, -0.2) is 0 Å². The number of carbonyl (C=O) groups excluding carboxylic acids is 2. The Morgan fingerprint density at radius 1 is 1.08 bits per heavy atom. The van der Waals surface area contributed by atoms with Gasteiger partial charge in [-0.1, -0.05) is 36.4 Å². The second-order valence-corrected chi connectivity index (χ2v) is 5.64. The summed E-state index contributed by atoms with van der Waals surface area (Å²) in [6.07, 6.45) is 3.18. The Kier molecular flexibility index (Phi) is 5.26. The molecule has 1 saturated heterocycles. The van der Waals surface area contributed by atoms with E-state index in [4.69, 9.17) is 9.47 Å². The Labute approximate surface area is 146 Å². The molecule has 1 fully saturated rings. The number of benzene rings is 2. The number of nitrogens with zero attached hydrogens (tertiary/aromatic N) is 1. The van der Waals surface area contributed by atoms with Crippen molar-refractivity contribution in [2.45, 2.75) is 18.8 Å². The number of carbonyl (C=O) groups is 2. The molecule has 25 heavy (non-hydrogen) atoms. The van der Waals surface area contributed by atoms with Crippen LogP contribution in [0.3, 0.4) is 0 Å². The van der Waals surface area contributed by atoms with Gasteiger partial charge < -0.3 is 9.47 Å². The molecule has 2 atom stereocenters. The van der Waals surface area contributed by atoms with Crippen molar-refractivity contribution >= 4 is 17.9 Å². The quantitative estimate of drug-likeness (QED) is 0.443. The lowest BCUT2D eigenvalue weighted by Gasteiger charge is -2.45. The Morgan fingerprint density at radius 3 is 2.44 bits per heavy atom. The topological polar surface area (TPSA) is 55.8 Å². The van der Waals surface area contributed by atoms with E-state index < -0.39 is 6.10 Å². The summed E-state index contributed by atoms with van der Waals surface area (Å²) in [5.41, 5.74) is 1.74. The number of β-lactam (4-membered cyclic amide) rings is 1. The van der Waals surface area contributed by atoms with E-state index in [2.05, 4.69) is 0 Å². The molecule has 0 bridgehead atoms. The summed E-state index contributed by atoms with van der Waals surface area (Å²) in [6, 6.07) is 16.6. The van der Waals surface area contributed by atoms with Gasteiger partial charge in [0.2, 0.25) is 0 Å².